The lowest BCUT2D eigenvalue weighted by atomic mass is 9.98. The molecular formula is C31H37N7O2. The predicted molar refractivity (Wildman–Crippen MR) is 158 cm³/mol. The van der Waals surface area contributed by atoms with E-state index in [1.165, 1.54) is 5.56 Å². The highest BCUT2D eigenvalue weighted by molar-refractivity contribution is 5.92. The van der Waals surface area contributed by atoms with Crippen LogP contribution in [0.1, 0.15) is 24.0 Å². The number of piperazine rings is 1. The predicted octanol–water partition coefficient (Wildman–Crippen LogP) is 4.07. The van der Waals surface area contributed by atoms with Gasteiger partial charge in [0.05, 0.1) is 19.2 Å². The lowest BCUT2D eigenvalue weighted by Crippen LogP contribution is -2.47. The third-order valence-electron chi connectivity index (χ3n) is 8.02. The Morgan fingerprint density at radius 3 is 2.25 bits per heavy atom. The van der Waals surface area contributed by atoms with Crippen molar-refractivity contribution in [2.75, 3.05) is 69.8 Å². The molecule has 0 radical (unpaired) electrons. The number of likely N-dealkylation sites (tertiary alicyclic amines) is 1. The second-order valence-corrected chi connectivity index (χ2v) is 10.8. The van der Waals surface area contributed by atoms with Gasteiger partial charge in [-0.05, 0) is 56.1 Å². The third-order valence-corrected chi connectivity index (χ3v) is 8.02. The first-order chi connectivity index (χ1) is 19.7. The second kappa shape index (κ2) is 12.0. The molecule has 0 aliphatic carbocycles. The zero-order chi connectivity index (χ0) is 27.3. The van der Waals surface area contributed by atoms with Crippen molar-refractivity contribution in [3.8, 4) is 11.5 Å². The van der Waals surface area contributed by atoms with Crippen LogP contribution >= 0.6 is 0 Å². The molecule has 0 spiro atoms. The Kier molecular flexibility index (Phi) is 7.90. The van der Waals surface area contributed by atoms with Crippen molar-refractivity contribution in [3.63, 3.8) is 0 Å². The number of methoxy groups -OCH3 is 1. The van der Waals surface area contributed by atoms with E-state index in [4.69, 9.17) is 14.5 Å². The van der Waals surface area contributed by atoms with Gasteiger partial charge in [0, 0.05) is 56.4 Å². The van der Waals surface area contributed by atoms with Crippen LogP contribution in [0.4, 0.5) is 11.8 Å². The second-order valence-electron chi connectivity index (χ2n) is 10.8. The van der Waals surface area contributed by atoms with Crippen LogP contribution in [-0.2, 0) is 6.42 Å². The normalized spacial score (nSPS) is 16.9. The first-order valence-electron chi connectivity index (χ1n) is 14.1. The number of piperidine rings is 1. The topological polar surface area (TPSA) is 79.7 Å². The van der Waals surface area contributed by atoms with E-state index in [2.05, 4.69) is 67.0 Å². The molecule has 2 fully saturated rings. The number of hydrogen-bond donors (Lipinski definition) is 0. The summed E-state index contributed by atoms with van der Waals surface area (Å²) in [5, 5.41) is 0.983. The van der Waals surface area contributed by atoms with Gasteiger partial charge in [-0.3, -0.25) is 0 Å². The van der Waals surface area contributed by atoms with Crippen LogP contribution in [0.25, 0.3) is 10.9 Å². The molecular weight excluding hydrogens is 502 g/mol. The number of aromatic nitrogens is 4. The van der Waals surface area contributed by atoms with Gasteiger partial charge in [-0.15, -0.1) is 0 Å². The van der Waals surface area contributed by atoms with Gasteiger partial charge in [0.2, 0.25) is 5.95 Å². The van der Waals surface area contributed by atoms with Crippen LogP contribution in [-0.4, -0.2) is 84.9 Å². The Labute approximate surface area is 235 Å². The van der Waals surface area contributed by atoms with Crippen LogP contribution in [0, 0.1) is 5.92 Å². The molecule has 6 rings (SSSR count). The van der Waals surface area contributed by atoms with Crippen molar-refractivity contribution >= 4 is 22.7 Å². The van der Waals surface area contributed by atoms with E-state index in [9.17, 15) is 0 Å². The summed E-state index contributed by atoms with van der Waals surface area (Å²) in [6, 6.07) is 14.4. The fraction of sp³-hybridized carbons (Fsp3) is 0.419. The molecule has 0 bridgehead atoms. The maximum Gasteiger partial charge on any atom is 0.225 e. The summed E-state index contributed by atoms with van der Waals surface area (Å²) in [6.07, 6.45) is 8.68. The maximum absolute atomic E-state index is 6.33. The number of rotatable bonds is 8. The maximum atomic E-state index is 6.33. The fourth-order valence-corrected chi connectivity index (χ4v) is 5.56. The SMILES string of the molecule is COc1cc2ncnc(N3CCN(c4ncc(Cc5ccccc5)cn4)CC3)c2cc1OCC1CCN(C)CC1. The molecule has 9 nitrogen and oxygen atoms in total. The average Bonchev–Trinajstić information content (AvgIpc) is 3.01. The number of benzene rings is 2. The molecule has 0 amide bonds. The summed E-state index contributed by atoms with van der Waals surface area (Å²) in [7, 11) is 3.86. The molecule has 2 aromatic carbocycles. The van der Waals surface area contributed by atoms with Gasteiger partial charge >= 0.3 is 0 Å². The van der Waals surface area contributed by atoms with Gasteiger partial charge in [-0.25, -0.2) is 19.9 Å². The molecule has 0 N–H and O–H groups in total. The number of fused-ring (bicyclic) bond motifs is 1. The summed E-state index contributed by atoms with van der Waals surface area (Å²) in [5.41, 5.74) is 3.23. The van der Waals surface area contributed by atoms with Crippen LogP contribution < -0.4 is 19.3 Å². The van der Waals surface area contributed by atoms with Crippen molar-refractivity contribution in [1.29, 1.82) is 0 Å². The molecule has 0 atom stereocenters. The van der Waals surface area contributed by atoms with Crippen LogP contribution in [0.5, 0.6) is 11.5 Å². The Hall–Kier alpha value is -3.98. The van der Waals surface area contributed by atoms with Gasteiger partial charge in [0.25, 0.3) is 0 Å². The number of anilines is 2. The minimum atomic E-state index is 0.561. The molecule has 2 aliphatic rings. The van der Waals surface area contributed by atoms with Crippen molar-refractivity contribution in [2.45, 2.75) is 19.3 Å². The molecule has 0 unspecified atom stereocenters. The quantitative estimate of drug-likeness (QED) is 0.329. The molecule has 4 aromatic rings. The first-order valence-corrected chi connectivity index (χ1v) is 14.1. The number of hydrogen-bond acceptors (Lipinski definition) is 9. The van der Waals surface area contributed by atoms with E-state index in [0.29, 0.717) is 18.3 Å². The first kappa shape index (κ1) is 26.3. The highest BCUT2D eigenvalue weighted by Gasteiger charge is 2.23. The van der Waals surface area contributed by atoms with Gasteiger partial charge in [-0.1, -0.05) is 30.3 Å². The molecule has 0 saturated carbocycles. The average molecular weight is 540 g/mol. The highest BCUT2D eigenvalue weighted by Crippen LogP contribution is 2.36. The van der Waals surface area contributed by atoms with Gasteiger partial charge in [0.1, 0.15) is 12.1 Å². The Balaban J connectivity index is 1.13. The van der Waals surface area contributed by atoms with Crippen LogP contribution in [0.3, 0.4) is 0 Å². The van der Waals surface area contributed by atoms with E-state index >= 15 is 0 Å². The largest absolute Gasteiger partial charge is 0.493 e. The fourth-order valence-electron chi connectivity index (χ4n) is 5.56. The van der Waals surface area contributed by atoms with Crippen molar-refractivity contribution in [3.05, 3.63) is 72.3 Å². The Morgan fingerprint density at radius 2 is 1.52 bits per heavy atom. The molecule has 40 heavy (non-hydrogen) atoms. The van der Waals surface area contributed by atoms with E-state index < -0.39 is 0 Å². The number of nitrogens with zero attached hydrogens (tertiary/aromatic N) is 7. The zero-order valence-electron chi connectivity index (χ0n) is 23.4. The smallest absolute Gasteiger partial charge is 0.225 e. The zero-order valence-corrected chi connectivity index (χ0v) is 23.4. The van der Waals surface area contributed by atoms with Crippen molar-refractivity contribution in [1.82, 2.24) is 24.8 Å². The minimum absolute atomic E-state index is 0.561. The Morgan fingerprint density at radius 1 is 0.800 bits per heavy atom. The van der Waals surface area contributed by atoms with Gasteiger partial charge in [-0.2, -0.15) is 0 Å². The van der Waals surface area contributed by atoms with Crippen molar-refractivity contribution in [2.24, 2.45) is 5.92 Å². The minimum Gasteiger partial charge on any atom is -0.493 e. The molecule has 2 saturated heterocycles. The van der Waals surface area contributed by atoms with Crippen molar-refractivity contribution < 1.29 is 9.47 Å². The summed E-state index contributed by atoms with van der Waals surface area (Å²) in [5.74, 6) is 3.73. The van der Waals surface area contributed by atoms with E-state index in [0.717, 1.165) is 92.5 Å². The molecule has 4 heterocycles. The summed E-state index contributed by atoms with van der Waals surface area (Å²) in [6.45, 7) is 6.21. The summed E-state index contributed by atoms with van der Waals surface area (Å²) in [4.78, 5) is 25.5. The highest BCUT2D eigenvalue weighted by atomic mass is 16.5. The summed E-state index contributed by atoms with van der Waals surface area (Å²) >= 11 is 0. The molecule has 9 heteroatoms. The van der Waals surface area contributed by atoms with Gasteiger partial charge < -0.3 is 24.2 Å². The lowest BCUT2D eigenvalue weighted by molar-refractivity contribution is 0.157. The summed E-state index contributed by atoms with van der Waals surface area (Å²) < 4.78 is 12.0. The van der Waals surface area contributed by atoms with E-state index in [1.54, 1.807) is 13.4 Å². The van der Waals surface area contributed by atoms with Crippen LogP contribution in [0.15, 0.2) is 61.2 Å². The molecule has 2 aliphatic heterocycles. The standard InChI is InChI=1S/C31H37N7O2/c1-36-10-8-24(9-11-36)21-40-29-17-26-27(18-28(29)39-2)34-22-35-30(26)37-12-14-38(15-13-37)31-32-19-25(20-33-31)16-23-6-4-3-5-7-23/h3-7,17-20,22,24H,8-16,21H2,1-2H3. The van der Waals surface area contributed by atoms with E-state index in [1.807, 2.05) is 24.5 Å². The lowest BCUT2D eigenvalue weighted by Gasteiger charge is -2.35. The third kappa shape index (κ3) is 5.94. The van der Waals surface area contributed by atoms with Gasteiger partial charge in [0.15, 0.2) is 11.5 Å². The van der Waals surface area contributed by atoms with E-state index in [-0.39, 0.29) is 0 Å². The van der Waals surface area contributed by atoms with Crippen LogP contribution in [0.2, 0.25) is 0 Å². The number of ether oxygens (including phenoxy) is 2. The monoisotopic (exact) mass is 539 g/mol. The molecule has 2 aromatic heterocycles. The Bertz CT molecular complexity index is 1400. The molecule has 208 valence electrons.